The van der Waals surface area contributed by atoms with E-state index < -0.39 is 23.9 Å². The Labute approximate surface area is 209 Å². The molecule has 2 amide bonds. The Kier molecular flexibility index (Phi) is 6.25. The number of amides is 2. The smallest absolute Gasteiger partial charge is 0.416 e. The molecular formula is C25H21F3N6O3. The van der Waals surface area contributed by atoms with Crippen molar-refractivity contribution < 1.29 is 27.5 Å². The molecule has 0 saturated heterocycles. The molecule has 12 heteroatoms. The molecule has 0 spiro atoms. The first-order valence-electron chi connectivity index (χ1n) is 11.2. The van der Waals surface area contributed by atoms with Crippen LogP contribution in [0.5, 0.6) is 0 Å². The van der Waals surface area contributed by atoms with Crippen molar-refractivity contribution in [2.45, 2.75) is 12.3 Å². The van der Waals surface area contributed by atoms with Crippen LogP contribution in [-0.2, 0) is 6.18 Å². The Morgan fingerprint density at radius 3 is 2.65 bits per heavy atom. The number of fused-ring (bicyclic) bond motifs is 1. The number of benzene rings is 1. The number of halogens is 3. The average Bonchev–Trinajstić information content (AvgIpc) is 3.38. The fraction of sp³-hybridized carbons (Fsp3) is 0.200. The van der Waals surface area contributed by atoms with Crippen LogP contribution in [-0.4, -0.2) is 52.3 Å². The Hall–Kier alpha value is -4.45. The number of oxazole rings is 1. The van der Waals surface area contributed by atoms with Gasteiger partial charge in [-0.3, -0.25) is 10.2 Å². The Morgan fingerprint density at radius 1 is 1.08 bits per heavy atom. The number of aliphatic hydroxyl groups excluding tert-OH is 1. The number of urea groups is 1. The van der Waals surface area contributed by atoms with Gasteiger partial charge in [-0.1, -0.05) is 18.2 Å². The molecular weight excluding hydrogens is 489 g/mol. The minimum Gasteiger partial charge on any atom is -0.442 e. The molecule has 0 fully saturated rings. The average molecular weight is 510 g/mol. The number of rotatable bonds is 3. The lowest BCUT2D eigenvalue weighted by atomic mass is 10.1. The van der Waals surface area contributed by atoms with E-state index in [0.29, 0.717) is 17.1 Å². The van der Waals surface area contributed by atoms with E-state index in [1.54, 1.807) is 42.3 Å². The number of alkyl halides is 3. The predicted octanol–water partition coefficient (Wildman–Crippen LogP) is 4.67. The van der Waals surface area contributed by atoms with Gasteiger partial charge in [0.2, 0.25) is 0 Å². The topological polar surface area (TPSA) is 108 Å². The van der Waals surface area contributed by atoms with Gasteiger partial charge in [0, 0.05) is 19.2 Å². The van der Waals surface area contributed by atoms with E-state index in [4.69, 9.17) is 4.42 Å². The second kappa shape index (κ2) is 9.54. The van der Waals surface area contributed by atoms with E-state index >= 15 is 0 Å². The standard InChI is InChI=1S/C25H21F3N6O3/c1-33-12-17(35)13-34(24(36)32-22-7-3-6-19(30-22)21-11-29-14-37-21)23-20(33)9-8-18(31-23)15-4-2-5-16(10-15)25(26,27)28/h2-11,14,17,35H,12-13H2,1H3,(H,30,32,36)/t17-/m1/s1. The van der Waals surface area contributed by atoms with Crippen LogP contribution in [0.2, 0.25) is 0 Å². The number of aromatic nitrogens is 3. The molecule has 3 aromatic heterocycles. The van der Waals surface area contributed by atoms with E-state index in [-0.39, 0.29) is 36.0 Å². The van der Waals surface area contributed by atoms with Crippen molar-refractivity contribution in [1.82, 2.24) is 15.0 Å². The quantitative estimate of drug-likeness (QED) is 0.413. The summed E-state index contributed by atoms with van der Waals surface area (Å²) < 4.78 is 45.1. The molecule has 2 N–H and O–H groups in total. The predicted molar refractivity (Wildman–Crippen MR) is 130 cm³/mol. The molecule has 0 bridgehead atoms. The highest BCUT2D eigenvalue weighted by Crippen LogP contribution is 2.35. The zero-order valence-corrected chi connectivity index (χ0v) is 19.5. The molecule has 0 radical (unpaired) electrons. The second-order valence-corrected chi connectivity index (χ2v) is 8.47. The van der Waals surface area contributed by atoms with Crippen molar-refractivity contribution in [3.63, 3.8) is 0 Å². The first-order chi connectivity index (χ1) is 17.7. The Bertz CT molecular complexity index is 1430. The van der Waals surface area contributed by atoms with Crippen LogP contribution < -0.4 is 15.1 Å². The first-order valence-corrected chi connectivity index (χ1v) is 11.2. The van der Waals surface area contributed by atoms with Gasteiger partial charge in [-0.15, -0.1) is 0 Å². The first kappa shape index (κ1) is 24.3. The third-order valence-corrected chi connectivity index (χ3v) is 5.80. The molecule has 4 heterocycles. The highest BCUT2D eigenvalue weighted by atomic mass is 19.4. The number of nitrogens with zero attached hydrogens (tertiary/aromatic N) is 5. The summed E-state index contributed by atoms with van der Waals surface area (Å²) in [6.07, 6.45) is -2.66. The second-order valence-electron chi connectivity index (χ2n) is 8.47. The fourth-order valence-electron chi connectivity index (χ4n) is 4.06. The number of nitrogens with one attached hydrogen (secondary N) is 1. The van der Waals surface area contributed by atoms with Gasteiger partial charge in [-0.05, 0) is 36.4 Å². The number of likely N-dealkylation sites (N-methyl/N-ethyl adjacent to an activating group) is 1. The summed E-state index contributed by atoms with van der Waals surface area (Å²) in [7, 11) is 1.73. The zero-order valence-electron chi connectivity index (χ0n) is 19.5. The molecule has 37 heavy (non-hydrogen) atoms. The van der Waals surface area contributed by atoms with Crippen LogP contribution in [0.4, 0.5) is 35.3 Å². The van der Waals surface area contributed by atoms with Crippen molar-refractivity contribution in [2.24, 2.45) is 0 Å². The van der Waals surface area contributed by atoms with Crippen LogP contribution in [0.15, 0.2) is 71.6 Å². The zero-order chi connectivity index (χ0) is 26.2. The highest BCUT2D eigenvalue weighted by molar-refractivity contribution is 6.03. The van der Waals surface area contributed by atoms with Gasteiger partial charge >= 0.3 is 12.2 Å². The maximum absolute atomic E-state index is 13.4. The van der Waals surface area contributed by atoms with Gasteiger partial charge in [0.1, 0.15) is 11.5 Å². The largest absolute Gasteiger partial charge is 0.442 e. The summed E-state index contributed by atoms with van der Waals surface area (Å²) in [4.78, 5) is 29.2. The maximum atomic E-state index is 13.4. The molecule has 0 aliphatic carbocycles. The Balaban J connectivity index is 1.50. The van der Waals surface area contributed by atoms with Gasteiger partial charge in [0.05, 0.1) is 35.8 Å². The van der Waals surface area contributed by atoms with Crippen LogP contribution in [0.25, 0.3) is 22.7 Å². The number of aliphatic hydroxyl groups is 1. The lowest BCUT2D eigenvalue weighted by Crippen LogP contribution is -2.41. The molecule has 1 aliphatic heterocycles. The maximum Gasteiger partial charge on any atom is 0.416 e. The molecule has 0 saturated carbocycles. The molecule has 1 aromatic carbocycles. The normalized spacial score (nSPS) is 15.8. The van der Waals surface area contributed by atoms with E-state index in [1.165, 1.54) is 29.6 Å². The van der Waals surface area contributed by atoms with Gasteiger partial charge in [-0.2, -0.15) is 13.2 Å². The van der Waals surface area contributed by atoms with Crippen molar-refractivity contribution >= 4 is 23.4 Å². The summed E-state index contributed by atoms with van der Waals surface area (Å²) in [6, 6.07) is 12.4. The fourth-order valence-corrected chi connectivity index (χ4v) is 4.06. The van der Waals surface area contributed by atoms with Crippen LogP contribution >= 0.6 is 0 Å². The number of carbonyl (C=O) groups is 1. The van der Waals surface area contributed by atoms with Crippen molar-refractivity contribution in [2.75, 3.05) is 35.3 Å². The van der Waals surface area contributed by atoms with E-state index in [2.05, 4.69) is 20.3 Å². The number of carbonyl (C=O) groups excluding carboxylic acids is 1. The molecule has 0 unspecified atom stereocenters. The van der Waals surface area contributed by atoms with Crippen LogP contribution in [0.1, 0.15) is 5.56 Å². The molecule has 1 atom stereocenters. The number of hydrogen-bond donors (Lipinski definition) is 2. The van der Waals surface area contributed by atoms with Gasteiger partial charge in [-0.25, -0.2) is 19.7 Å². The monoisotopic (exact) mass is 510 g/mol. The minimum atomic E-state index is -4.51. The van der Waals surface area contributed by atoms with Crippen molar-refractivity contribution in [3.8, 4) is 22.7 Å². The summed E-state index contributed by atoms with van der Waals surface area (Å²) in [6.45, 7) is 0.130. The Morgan fingerprint density at radius 2 is 1.89 bits per heavy atom. The third-order valence-electron chi connectivity index (χ3n) is 5.80. The SMILES string of the molecule is CN1C[C@@H](O)CN(C(=O)Nc2cccc(-c3cnco3)n2)c2nc(-c3cccc(C(F)(F)F)c3)ccc21. The summed E-state index contributed by atoms with van der Waals surface area (Å²) in [5, 5.41) is 13.2. The van der Waals surface area contributed by atoms with Crippen LogP contribution in [0, 0.1) is 0 Å². The molecule has 1 aliphatic rings. The lowest BCUT2D eigenvalue weighted by molar-refractivity contribution is -0.137. The lowest BCUT2D eigenvalue weighted by Gasteiger charge is -2.24. The highest BCUT2D eigenvalue weighted by Gasteiger charge is 2.32. The van der Waals surface area contributed by atoms with E-state index in [9.17, 15) is 23.1 Å². The summed E-state index contributed by atoms with van der Waals surface area (Å²) >= 11 is 0. The van der Waals surface area contributed by atoms with Gasteiger partial charge in [0.25, 0.3) is 0 Å². The summed E-state index contributed by atoms with van der Waals surface area (Å²) in [5.74, 6) is 0.833. The third kappa shape index (κ3) is 5.09. The van der Waals surface area contributed by atoms with Crippen molar-refractivity contribution in [1.29, 1.82) is 0 Å². The van der Waals surface area contributed by atoms with Gasteiger partial charge in [0.15, 0.2) is 18.0 Å². The molecule has 5 rings (SSSR count). The summed E-state index contributed by atoms with van der Waals surface area (Å²) in [5.41, 5.74) is 0.674. The molecule has 9 nitrogen and oxygen atoms in total. The van der Waals surface area contributed by atoms with E-state index in [0.717, 1.165) is 12.1 Å². The number of pyridine rings is 2. The minimum absolute atomic E-state index is 0.0932. The van der Waals surface area contributed by atoms with E-state index in [1.807, 2.05) is 0 Å². The molecule has 4 aromatic rings. The van der Waals surface area contributed by atoms with Gasteiger partial charge < -0.3 is 14.4 Å². The number of hydrogen-bond acceptors (Lipinski definition) is 7. The van der Waals surface area contributed by atoms with Crippen LogP contribution in [0.3, 0.4) is 0 Å². The molecule has 190 valence electrons. The number of anilines is 3. The number of β-amino-alcohol motifs (C(OH)–C–C–N with tert-alkyl or cyclic N) is 1. The van der Waals surface area contributed by atoms with Crippen molar-refractivity contribution in [3.05, 3.63) is 72.8 Å².